The summed E-state index contributed by atoms with van der Waals surface area (Å²) in [7, 11) is 0. The van der Waals surface area contributed by atoms with Crippen LogP contribution in [0.25, 0.3) is 0 Å². The molecule has 2 aromatic rings. The van der Waals surface area contributed by atoms with Crippen molar-refractivity contribution >= 4 is 0 Å². The Bertz CT molecular complexity index is 1170. The first kappa shape index (κ1) is 35.7. The van der Waals surface area contributed by atoms with Crippen LogP contribution in [0.3, 0.4) is 0 Å². The maximum atomic E-state index is 11.1. The standard InChI is InChI=1S/C33H51N3O8/c1-24-12-26(32(41)28(14-24)22-43-30(18-37)19-38)16-35-8-3-6-34-7-4-9-36(11-5-10-35)17-27-13-25(2)15-29(33(27)42)23-44-31(20-39)21-40/h5,10,12-15,30-31,34,37-42H,3-4,6-9,11,16-23H2,1-2H3/b10-5-. The lowest BCUT2D eigenvalue weighted by Gasteiger charge is -2.26. The number of aryl methyl sites for hydroxylation is 2. The van der Waals surface area contributed by atoms with Crippen LogP contribution in [0.15, 0.2) is 36.5 Å². The van der Waals surface area contributed by atoms with Gasteiger partial charge in [0.15, 0.2) is 0 Å². The van der Waals surface area contributed by atoms with Gasteiger partial charge in [-0.05, 0) is 46.0 Å². The fourth-order valence-corrected chi connectivity index (χ4v) is 5.28. The number of benzene rings is 2. The molecule has 11 nitrogen and oxygen atoms in total. The third-order valence-corrected chi connectivity index (χ3v) is 7.66. The highest BCUT2D eigenvalue weighted by molar-refractivity contribution is 5.44. The summed E-state index contributed by atoms with van der Waals surface area (Å²) in [6.45, 7) is 8.02. The molecule has 44 heavy (non-hydrogen) atoms. The molecule has 3 rings (SSSR count). The summed E-state index contributed by atoms with van der Waals surface area (Å²) in [6, 6.07) is 7.66. The molecule has 7 N–H and O–H groups in total. The Morgan fingerprint density at radius 3 is 1.70 bits per heavy atom. The molecule has 0 aromatic heterocycles. The van der Waals surface area contributed by atoms with Crippen LogP contribution in [0.5, 0.6) is 11.5 Å². The molecule has 0 saturated heterocycles. The zero-order chi connectivity index (χ0) is 31.9. The van der Waals surface area contributed by atoms with Crippen molar-refractivity contribution in [3.8, 4) is 11.5 Å². The number of aromatic hydroxyl groups is 2. The van der Waals surface area contributed by atoms with Gasteiger partial charge in [-0.1, -0.05) is 41.5 Å². The molecule has 1 aliphatic heterocycles. The minimum absolute atomic E-state index is 0.0874. The van der Waals surface area contributed by atoms with E-state index in [0.717, 1.165) is 61.3 Å². The van der Waals surface area contributed by atoms with E-state index >= 15 is 0 Å². The second kappa shape index (κ2) is 18.9. The van der Waals surface area contributed by atoms with Crippen LogP contribution < -0.4 is 5.32 Å². The van der Waals surface area contributed by atoms with E-state index in [2.05, 4.69) is 27.4 Å². The van der Waals surface area contributed by atoms with Gasteiger partial charge in [-0.3, -0.25) is 4.90 Å². The van der Waals surface area contributed by atoms with E-state index in [1.54, 1.807) is 0 Å². The van der Waals surface area contributed by atoms with Gasteiger partial charge < -0.3 is 50.3 Å². The molecule has 2 aromatic carbocycles. The van der Waals surface area contributed by atoms with Crippen molar-refractivity contribution in [1.29, 1.82) is 0 Å². The van der Waals surface area contributed by atoms with Gasteiger partial charge in [0.1, 0.15) is 23.7 Å². The first-order chi connectivity index (χ1) is 21.3. The third-order valence-electron chi connectivity index (χ3n) is 7.66. The summed E-state index contributed by atoms with van der Waals surface area (Å²) in [4.78, 5) is 4.46. The predicted octanol–water partition coefficient (Wildman–Crippen LogP) is 1.66. The zero-order valence-corrected chi connectivity index (χ0v) is 26.1. The van der Waals surface area contributed by atoms with E-state index < -0.39 is 12.2 Å². The van der Waals surface area contributed by atoms with E-state index in [0.29, 0.717) is 30.8 Å². The van der Waals surface area contributed by atoms with Crippen molar-refractivity contribution in [2.75, 3.05) is 59.2 Å². The average molecular weight is 618 g/mol. The number of aliphatic hydroxyl groups excluding tert-OH is 4. The number of phenols is 2. The van der Waals surface area contributed by atoms with Gasteiger partial charge in [0.05, 0.1) is 39.6 Å². The van der Waals surface area contributed by atoms with Gasteiger partial charge in [0.2, 0.25) is 0 Å². The Labute approximate surface area is 261 Å². The van der Waals surface area contributed by atoms with Gasteiger partial charge in [-0.15, -0.1) is 0 Å². The molecule has 0 aliphatic carbocycles. The average Bonchev–Trinajstić information content (AvgIpc) is 3.00. The van der Waals surface area contributed by atoms with Crippen molar-refractivity contribution in [1.82, 2.24) is 15.1 Å². The lowest BCUT2D eigenvalue weighted by atomic mass is 10.0. The fourth-order valence-electron chi connectivity index (χ4n) is 5.28. The number of nitrogens with one attached hydrogen (secondary N) is 1. The molecule has 0 unspecified atom stereocenters. The minimum Gasteiger partial charge on any atom is -0.507 e. The monoisotopic (exact) mass is 617 g/mol. The zero-order valence-electron chi connectivity index (χ0n) is 26.1. The first-order valence-electron chi connectivity index (χ1n) is 15.4. The molecule has 0 radical (unpaired) electrons. The topological polar surface area (TPSA) is 158 Å². The summed E-state index contributed by atoms with van der Waals surface area (Å²) in [5.41, 5.74) is 4.78. The van der Waals surface area contributed by atoms with Crippen molar-refractivity contribution in [2.24, 2.45) is 0 Å². The van der Waals surface area contributed by atoms with Gasteiger partial charge in [-0.2, -0.15) is 0 Å². The van der Waals surface area contributed by atoms with Crippen LogP contribution in [0, 0.1) is 13.8 Å². The molecule has 1 heterocycles. The molecule has 0 amide bonds. The summed E-state index contributed by atoms with van der Waals surface area (Å²) in [5.74, 6) is 0.322. The van der Waals surface area contributed by atoms with Crippen LogP contribution in [-0.4, -0.2) is 112 Å². The number of phenolic OH excluding ortho intramolecular Hbond substituents is 2. The van der Waals surface area contributed by atoms with E-state index in [1.165, 1.54) is 0 Å². The highest BCUT2D eigenvalue weighted by Crippen LogP contribution is 2.29. The van der Waals surface area contributed by atoms with E-state index in [9.17, 15) is 30.6 Å². The molecule has 246 valence electrons. The first-order valence-corrected chi connectivity index (χ1v) is 15.4. The normalized spacial score (nSPS) is 16.3. The maximum absolute atomic E-state index is 11.1. The van der Waals surface area contributed by atoms with Gasteiger partial charge in [0, 0.05) is 55.0 Å². The molecule has 0 fully saturated rings. The number of nitrogens with zero attached hydrogens (tertiary/aromatic N) is 2. The van der Waals surface area contributed by atoms with Crippen molar-refractivity contribution in [2.45, 2.75) is 65.2 Å². The SMILES string of the molecule is Cc1cc(COC(CO)CO)c(O)c(CN2/C=C\CN(Cc3cc(C)cc(COC(CO)CO)c3O)CCCNCCC2)c1. The quantitative estimate of drug-likeness (QED) is 0.165. The molecule has 0 spiro atoms. The lowest BCUT2D eigenvalue weighted by molar-refractivity contribution is -0.0290. The highest BCUT2D eigenvalue weighted by atomic mass is 16.5. The summed E-state index contributed by atoms with van der Waals surface area (Å²) < 4.78 is 11.1. The largest absolute Gasteiger partial charge is 0.507 e. The molecule has 0 bridgehead atoms. The number of hydrogen-bond donors (Lipinski definition) is 7. The molecular formula is C33H51N3O8. The smallest absolute Gasteiger partial charge is 0.126 e. The fraction of sp³-hybridized carbons (Fsp3) is 0.576. The van der Waals surface area contributed by atoms with Crippen LogP contribution >= 0.6 is 0 Å². The van der Waals surface area contributed by atoms with Crippen LogP contribution in [0.1, 0.15) is 46.2 Å². The van der Waals surface area contributed by atoms with Crippen molar-refractivity contribution < 1.29 is 40.1 Å². The second-order valence-corrected chi connectivity index (χ2v) is 11.5. The van der Waals surface area contributed by atoms with Crippen LogP contribution in [-0.2, 0) is 35.8 Å². The number of aliphatic hydroxyl groups is 4. The molecule has 0 atom stereocenters. The Hall–Kier alpha value is -2.74. The number of rotatable bonds is 14. The Morgan fingerprint density at radius 1 is 0.705 bits per heavy atom. The molecule has 1 aliphatic rings. The highest BCUT2D eigenvalue weighted by Gasteiger charge is 2.17. The number of ether oxygens (including phenoxy) is 2. The minimum atomic E-state index is -0.696. The maximum Gasteiger partial charge on any atom is 0.126 e. The Balaban J connectivity index is 1.74. The van der Waals surface area contributed by atoms with E-state index in [4.69, 9.17) is 9.47 Å². The summed E-state index contributed by atoms with van der Waals surface area (Å²) in [6.07, 6.45) is 4.70. The lowest BCUT2D eigenvalue weighted by Crippen LogP contribution is -2.30. The van der Waals surface area contributed by atoms with E-state index in [-0.39, 0.29) is 51.1 Å². The second-order valence-electron chi connectivity index (χ2n) is 11.5. The summed E-state index contributed by atoms with van der Waals surface area (Å²) >= 11 is 0. The van der Waals surface area contributed by atoms with E-state index in [1.807, 2.05) is 38.1 Å². The van der Waals surface area contributed by atoms with Gasteiger partial charge in [0.25, 0.3) is 0 Å². The molecule has 0 saturated carbocycles. The Morgan fingerprint density at radius 2 is 1.18 bits per heavy atom. The number of hydrogen-bond acceptors (Lipinski definition) is 11. The predicted molar refractivity (Wildman–Crippen MR) is 168 cm³/mol. The van der Waals surface area contributed by atoms with Crippen molar-refractivity contribution in [3.05, 3.63) is 69.9 Å². The molecular weight excluding hydrogens is 566 g/mol. The van der Waals surface area contributed by atoms with Crippen LogP contribution in [0.4, 0.5) is 0 Å². The van der Waals surface area contributed by atoms with Crippen LogP contribution in [0.2, 0.25) is 0 Å². The molecule has 11 heteroatoms. The third kappa shape index (κ3) is 11.3. The van der Waals surface area contributed by atoms with Gasteiger partial charge >= 0.3 is 0 Å². The Kier molecular flexibility index (Phi) is 15.4. The summed E-state index contributed by atoms with van der Waals surface area (Å²) in [5, 5.41) is 62.9. The van der Waals surface area contributed by atoms with Crippen molar-refractivity contribution in [3.63, 3.8) is 0 Å². The van der Waals surface area contributed by atoms with Gasteiger partial charge in [-0.25, -0.2) is 0 Å².